The van der Waals surface area contributed by atoms with Crippen LogP contribution in [-0.2, 0) is 16.0 Å². The first kappa shape index (κ1) is 22.7. The van der Waals surface area contributed by atoms with E-state index >= 15 is 0 Å². The average molecular weight is 490 g/mol. The van der Waals surface area contributed by atoms with E-state index < -0.39 is 17.3 Å². The van der Waals surface area contributed by atoms with Crippen molar-refractivity contribution in [2.75, 3.05) is 6.54 Å². The van der Waals surface area contributed by atoms with E-state index in [0.29, 0.717) is 23.0 Å². The SMILES string of the molecule is CC(C)(NC(=O)C=Cc1ccc(F)c(Br)c1)C(=O)NCCc1c[nH]c2ccc(F)cc12. The van der Waals surface area contributed by atoms with E-state index in [2.05, 4.69) is 31.5 Å². The van der Waals surface area contributed by atoms with Gasteiger partial charge in [0.15, 0.2) is 0 Å². The number of aromatic nitrogens is 1. The lowest BCUT2D eigenvalue weighted by Gasteiger charge is -2.24. The van der Waals surface area contributed by atoms with Crippen LogP contribution < -0.4 is 10.6 Å². The van der Waals surface area contributed by atoms with Gasteiger partial charge in [0.1, 0.15) is 17.2 Å². The lowest BCUT2D eigenvalue weighted by Crippen LogP contribution is -2.54. The summed E-state index contributed by atoms with van der Waals surface area (Å²) >= 11 is 3.09. The molecular weight excluding hydrogens is 468 g/mol. The molecule has 1 aromatic heterocycles. The number of fused-ring (bicyclic) bond motifs is 1. The van der Waals surface area contributed by atoms with E-state index in [1.807, 2.05) is 0 Å². The van der Waals surface area contributed by atoms with E-state index in [9.17, 15) is 18.4 Å². The van der Waals surface area contributed by atoms with Crippen LogP contribution in [-0.4, -0.2) is 28.9 Å². The molecule has 0 aliphatic rings. The van der Waals surface area contributed by atoms with Gasteiger partial charge in [-0.1, -0.05) is 6.07 Å². The van der Waals surface area contributed by atoms with E-state index in [1.165, 1.54) is 36.4 Å². The molecule has 2 aromatic carbocycles. The Morgan fingerprint density at radius 1 is 1.16 bits per heavy atom. The van der Waals surface area contributed by atoms with Gasteiger partial charge in [0, 0.05) is 29.7 Å². The van der Waals surface area contributed by atoms with Crippen molar-refractivity contribution in [3.8, 4) is 0 Å². The van der Waals surface area contributed by atoms with Crippen molar-refractivity contribution < 1.29 is 18.4 Å². The zero-order valence-electron chi connectivity index (χ0n) is 17.1. The molecule has 0 aliphatic carbocycles. The topological polar surface area (TPSA) is 74.0 Å². The van der Waals surface area contributed by atoms with Crippen molar-refractivity contribution in [1.29, 1.82) is 0 Å². The van der Waals surface area contributed by atoms with Gasteiger partial charge in [-0.3, -0.25) is 9.59 Å². The molecule has 0 saturated heterocycles. The van der Waals surface area contributed by atoms with Crippen LogP contribution >= 0.6 is 15.9 Å². The molecule has 3 aromatic rings. The van der Waals surface area contributed by atoms with Crippen LogP contribution in [0.25, 0.3) is 17.0 Å². The first-order chi connectivity index (χ1) is 14.7. The Morgan fingerprint density at radius 2 is 1.94 bits per heavy atom. The molecule has 0 spiro atoms. The van der Waals surface area contributed by atoms with Crippen LogP contribution in [0.5, 0.6) is 0 Å². The summed E-state index contributed by atoms with van der Waals surface area (Å²) in [6.07, 6.45) is 5.12. The Balaban J connectivity index is 1.53. The summed E-state index contributed by atoms with van der Waals surface area (Å²) in [4.78, 5) is 27.8. The van der Waals surface area contributed by atoms with Crippen LogP contribution in [0, 0.1) is 11.6 Å². The summed E-state index contributed by atoms with van der Waals surface area (Å²) < 4.78 is 27.1. The smallest absolute Gasteiger partial charge is 0.245 e. The molecule has 3 N–H and O–H groups in total. The Hall–Kier alpha value is -3.00. The third-order valence-corrected chi connectivity index (χ3v) is 5.39. The number of halogens is 3. The third-order valence-electron chi connectivity index (χ3n) is 4.78. The molecule has 31 heavy (non-hydrogen) atoms. The summed E-state index contributed by atoms with van der Waals surface area (Å²) in [6.45, 7) is 3.54. The van der Waals surface area contributed by atoms with Crippen LogP contribution in [0.4, 0.5) is 8.78 Å². The molecule has 0 bridgehead atoms. The lowest BCUT2D eigenvalue weighted by atomic mass is 10.0. The monoisotopic (exact) mass is 489 g/mol. The second-order valence-corrected chi connectivity index (χ2v) is 8.49. The maximum absolute atomic E-state index is 13.5. The molecule has 162 valence electrons. The number of aromatic amines is 1. The van der Waals surface area contributed by atoms with Gasteiger partial charge >= 0.3 is 0 Å². The van der Waals surface area contributed by atoms with Crippen molar-refractivity contribution in [3.05, 3.63) is 75.9 Å². The normalized spacial score (nSPS) is 11.8. The van der Waals surface area contributed by atoms with Gasteiger partial charge in [-0.15, -0.1) is 0 Å². The first-order valence-electron chi connectivity index (χ1n) is 9.65. The highest BCUT2D eigenvalue weighted by molar-refractivity contribution is 9.10. The van der Waals surface area contributed by atoms with E-state index in [4.69, 9.17) is 0 Å². The minimum atomic E-state index is -1.14. The molecule has 3 rings (SSSR count). The highest BCUT2D eigenvalue weighted by Crippen LogP contribution is 2.20. The molecule has 5 nitrogen and oxygen atoms in total. The zero-order chi connectivity index (χ0) is 22.6. The van der Waals surface area contributed by atoms with Crippen molar-refractivity contribution >= 4 is 44.7 Å². The standard InChI is InChI=1S/C23H22BrF2N3O2/c1-23(2,29-21(30)8-4-14-3-6-19(26)18(24)11-14)22(31)27-10-9-15-13-28-20-7-5-16(25)12-17(15)20/h3-8,11-13,28H,9-10H2,1-2H3,(H,27,31)(H,29,30). The fraction of sp³-hybridized carbons (Fsp3) is 0.217. The summed E-state index contributed by atoms with van der Waals surface area (Å²) in [5.74, 6) is -1.50. The Bertz CT molecular complexity index is 1150. The second-order valence-electron chi connectivity index (χ2n) is 7.63. The molecule has 0 saturated carbocycles. The molecule has 0 fully saturated rings. The zero-order valence-corrected chi connectivity index (χ0v) is 18.6. The Morgan fingerprint density at radius 3 is 2.68 bits per heavy atom. The Labute approximate surface area is 187 Å². The number of amides is 2. The summed E-state index contributed by atoms with van der Waals surface area (Å²) in [5.41, 5.74) is 1.22. The van der Waals surface area contributed by atoms with E-state index in [-0.39, 0.29) is 11.7 Å². The molecule has 0 unspecified atom stereocenters. The molecule has 2 amide bonds. The largest absolute Gasteiger partial charge is 0.361 e. The minimum Gasteiger partial charge on any atom is -0.361 e. The summed E-state index contributed by atoms with van der Waals surface area (Å²) in [5, 5.41) is 6.23. The highest BCUT2D eigenvalue weighted by atomic mass is 79.9. The van der Waals surface area contributed by atoms with Crippen molar-refractivity contribution in [1.82, 2.24) is 15.6 Å². The summed E-state index contributed by atoms with van der Waals surface area (Å²) in [6, 6.07) is 8.90. The second kappa shape index (κ2) is 9.43. The van der Waals surface area contributed by atoms with E-state index in [0.717, 1.165) is 16.5 Å². The van der Waals surface area contributed by atoms with Crippen molar-refractivity contribution in [3.63, 3.8) is 0 Å². The molecule has 0 aliphatic heterocycles. The van der Waals surface area contributed by atoms with E-state index in [1.54, 1.807) is 32.2 Å². The van der Waals surface area contributed by atoms with Crippen LogP contribution in [0.2, 0.25) is 0 Å². The molecule has 0 atom stereocenters. The van der Waals surface area contributed by atoms with Crippen LogP contribution in [0.15, 0.2) is 53.1 Å². The minimum absolute atomic E-state index is 0.299. The highest BCUT2D eigenvalue weighted by Gasteiger charge is 2.28. The Kier molecular flexibility index (Phi) is 6.90. The molecule has 1 heterocycles. The predicted molar refractivity (Wildman–Crippen MR) is 120 cm³/mol. The van der Waals surface area contributed by atoms with Crippen LogP contribution in [0.3, 0.4) is 0 Å². The van der Waals surface area contributed by atoms with Gasteiger partial charge in [0.2, 0.25) is 11.8 Å². The number of nitrogens with one attached hydrogen (secondary N) is 3. The lowest BCUT2D eigenvalue weighted by molar-refractivity contribution is -0.130. The number of hydrogen-bond acceptors (Lipinski definition) is 2. The fourth-order valence-electron chi connectivity index (χ4n) is 3.08. The first-order valence-corrected chi connectivity index (χ1v) is 10.4. The van der Waals surface area contributed by atoms with Crippen molar-refractivity contribution in [2.24, 2.45) is 0 Å². The quantitative estimate of drug-likeness (QED) is 0.428. The number of benzene rings is 2. The predicted octanol–water partition coefficient (Wildman–Crippen LogP) is 4.48. The van der Waals surface area contributed by atoms with Gasteiger partial charge < -0.3 is 15.6 Å². The average Bonchev–Trinajstić information content (AvgIpc) is 3.10. The maximum atomic E-state index is 13.5. The van der Waals surface area contributed by atoms with Gasteiger partial charge in [-0.05, 0) is 83.7 Å². The number of carbonyl (C=O) groups excluding carboxylic acids is 2. The number of carbonyl (C=O) groups is 2. The fourth-order valence-corrected chi connectivity index (χ4v) is 3.48. The van der Waals surface area contributed by atoms with Gasteiger partial charge in [0.25, 0.3) is 0 Å². The molecule has 0 radical (unpaired) electrons. The maximum Gasteiger partial charge on any atom is 0.245 e. The molecular formula is C23H22BrF2N3O2. The number of hydrogen-bond donors (Lipinski definition) is 3. The van der Waals surface area contributed by atoms with Gasteiger partial charge in [-0.2, -0.15) is 0 Å². The number of rotatable bonds is 7. The summed E-state index contributed by atoms with van der Waals surface area (Å²) in [7, 11) is 0. The van der Waals surface area contributed by atoms with Gasteiger partial charge in [0.05, 0.1) is 4.47 Å². The third kappa shape index (κ3) is 5.79. The number of H-pyrrole nitrogens is 1. The molecule has 8 heteroatoms. The van der Waals surface area contributed by atoms with Crippen molar-refractivity contribution in [2.45, 2.75) is 25.8 Å². The van der Waals surface area contributed by atoms with Crippen LogP contribution in [0.1, 0.15) is 25.0 Å². The van der Waals surface area contributed by atoms with Gasteiger partial charge in [-0.25, -0.2) is 8.78 Å².